The van der Waals surface area contributed by atoms with Gasteiger partial charge in [-0.3, -0.25) is 4.79 Å². The van der Waals surface area contributed by atoms with Crippen LogP contribution in [-0.2, 0) is 4.79 Å². The quantitative estimate of drug-likeness (QED) is 0.762. The maximum absolute atomic E-state index is 12.5. The minimum atomic E-state index is -0.564. The molecule has 1 heterocycles. The Bertz CT molecular complexity index is 687. The molecule has 0 bridgehead atoms. The third kappa shape index (κ3) is 4.06. The zero-order valence-corrected chi connectivity index (χ0v) is 16.8. The van der Waals surface area contributed by atoms with Crippen LogP contribution >= 0.6 is 0 Å². The Morgan fingerprint density at radius 3 is 2.63 bits per heavy atom. The van der Waals surface area contributed by atoms with E-state index in [1.807, 2.05) is 25.1 Å². The van der Waals surface area contributed by atoms with Gasteiger partial charge in [-0.2, -0.15) is 0 Å². The highest BCUT2D eigenvalue weighted by molar-refractivity contribution is 5.81. The molecule has 150 valence electrons. The number of hydrogen-bond donors (Lipinski definition) is 2. The molecule has 1 aromatic carbocycles. The first-order valence-electron chi connectivity index (χ1n) is 9.79. The minimum absolute atomic E-state index is 0.00520. The van der Waals surface area contributed by atoms with Gasteiger partial charge >= 0.3 is 0 Å². The lowest BCUT2D eigenvalue weighted by atomic mass is 9.72. The number of carbonyl (C=O) groups is 1. The van der Waals surface area contributed by atoms with Crippen LogP contribution in [0.4, 0.5) is 0 Å². The molecule has 4 atom stereocenters. The van der Waals surface area contributed by atoms with Crippen LogP contribution in [0, 0.1) is 11.3 Å². The van der Waals surface area contributed by atoms with Gasteiger partial charge in [0.15, 0.2) is 11.5 Å². The zero-order chi connectivity index (χ0) is 19.8. The van der Waals surface area contributed by atoms with E-state index in [2.05, 4.69) is 0 Å². The second-order valence-electron chi connectivity index (χ2n) is 8.41. The van der Waals surface area contributed by atoms with Crippen LogP contribution in [0.25, 0.3) is 0 Å². The number of ether oxygens (including phenoxy) is 2. The number of nitrogens with two attached hydrogens (primary N) is 1. The van der Waals surface area contributed by atoms with Gasteiger partial charge in [0.25, 0.3) is 0 Å². The molecule has 6 nitrogen and oxygen atoms in total. The van der Waals surface area contributed by atoms with E-state index in [1.165, 1.54) is 12.8 Å². The highest BCUT2D eigenvalue weighted by Crippen LogP contribution is 2.47. The van der Waals surface area contributed by atoms with E-state index in [9.17, 15) is 9.90 Å². The van der Waals surface area contributed by atoms with E-state index in [0.29, 0.717) is 31.4 Å². The SMILES string of the molecule is COc1ccc(C2CN(C(=O)C(C)N)CC2(C)C(C)O)cc1OCC1CC1. The normalized spacial score (nSPS) is 27.3. The Balaban J connectivity index is 1.89. The third-order valence-electron chi connectivity index (χ3n) is 6.15. The Hall–Kier alpha value is -1.79. The molecule has 0 spiro atoms. The van der Waals surface area contributed by atoms with Crippen LogP contribution in [0.3, 0.4) is 0 Å². The maximum atomic E-state index is 12.5. The molecule has 1 saturated heterocycles. The molecule has 4 unspecified atom stereocenters. The predicted molar refractivity (Wildman–Crippen MR) is 104 cm³/mol. The second-order valence-corrected chi connectivity index (χ2v) is 8.41. The number of hydrogen-bond acceptors (Lipinski definition) is 5. The largest absolute Gasteiger partial charge is 0.493 e. The Morgan fingerprint density at radius 1 is 1.37 bits per heavy atom. The number of likely N-dealkylation sites (tertiary alicyclic amines) is 1. The van der Waals surface area contributed by atoms with E-state index in [0.717, 1.165) is 11.3 Å². The molecule has 0 aromatic heterocycles. The minimum Gasteiger partial charge on any atom is -0.493 e. The third-order valence-corrected chi connectivity index (χ3v) is 6.15. The fraction of sp³-hybridized carbons (Fsp3) is 0.667. The Labute approximate surface area is 161 Å². The van der Waals surface area contributed by atoms with Gasteiger partial charge in [0.2, 0.25) is 5.91 Å². The molecule has 2 fully saturated rings. The van der Waals surface area contributed by atoms with Crippen molar-refractivity contribution in [1.82, 2.24) is 4.90 Å². The van der Waals surface area contributed by atoms with Crippen molar-refractivity contribution in [1.29, 1.82) is 0 Å². The summed E-state index contributed by atoms with van der Waals surface area (Å²) in [5, 5.41) is 10.5. The summed E-state index contributed by atoms with van der Waals surface area (Å²) in [6.45, 7) is 7.25. The van der Waals surface area contributed by atoms with E-state index in [4.69, 9.17) is 15.2 Å². The van der Waals surface area contributed by atoms with Crippen LogP contribution in [0.1, 0.15) is 45.1 Å². The van der Waals surface area contributed by atoms with E-state index in [-0.39, 0.29) is 11.8 Å². The molecule has 6 heteroatoms. The van der Waals surface area contributed by atoms with Gasteiger partial charge in [0, 0.05) is 24.4 Å². The molecule has 1 amide bonds. The number of rotatable bonds is 7. The monoisotopic (exact) mass is 376 g/mol. The number of amides is 1. The first kappa shape index (κ1) is 20.0. The smallest absolute Gasteiger partial charge is 0.239 e. The second kappa shape index (κ2) is 7.68. The van der Waals surface area contributed by atoms with Gasteiger partial charge in [-0.05, 0) is 50.3 Å². The molecule has 27 heavy (non-hydrogen) atoms. The number of nitrogens with zero attached hydrogens (tertiary/aromatic N) is 1. The topological polar surface area (TPSA) is 85.0 Å². The fourth-order valence-corrected chi connectivity index (χ4v) is 3.90. The van der Waals surface area contributed by atoms with Crippen LogP contribution in [-0.4, -0.2) is 54.9 Å². The fourth-order valence-electron chi connectivity index (χ4n) is 3.90. The molecule has 1 aromatic rings. The van der Waals surface area contributed by atoms with Crippen LogP contribution in [0.2, 0.25) is 0 Å². The van der Waals surface area contributed by atoms with Gasteiger partial charge in [-0.25, -0.2) is 0 Å². The molecule has 0 radical (unpaired) electrons. The molecule has 1 aliphatic carbocycles. The van der Waals surface area contributed by atoms with Gasteiger partial charge in [-0.15, -0.1) is 0 Å². The lowest BCUT2D eigenvalue weighted by Crippen LogP contribution is -2.43. The summed E-state index contributed by atoms with van der Waals surface area (Å²) < 4.78 is 11.5. The molecule has 1 aliphatic heterocycles. The van der Waals surface area contributed by atoms with Crippen LogP contribution in [0.5, 0.6) is 11.5 Å². The standard InChI is InChI=1S/C21H32N2O4/c1-13(22)20(25)23-10-17(21(3,12-23)14(2)24)16-7-8-18(26-4)19(9-16)27-11-15-5-6-15/h7-9,13-15,17,24H,5-6,10-12,22H2,1-4H3. The first-order valence-corrected chi connectivity index (χ1v) is 9.79. The van der Waals surface area contributed by atoms with Crippen molar-refractivity contribution in [3.8, 4) is 11.5 Å². The summed E-state index contributed by atoms with van der Waals surface area (Å²) in [7, 11) is 1.64. The van der Waals surface area contributed by atoms with Crippen molar-refractivity contribution >= 4 is 5.91 Å². The summed E-state index contributed by atoms with van der Waals surface area (Å²) in [5.41, 5.74) is 6.40. The number of aliphatic hydroxyl groups is 1. The molecular weight excluding hydrogens is 344 g/mol. The van der Waals surface area contributed by atoms with Crippen molar-refractivity contribution < 1.29 is 19.4 Å². The van der Waals surface area contributed by atoms with Crippen molar-refractivity contribution in [2.24, 2.45) is 17.1 Å². The van der Waals surface area contributed by atoms with Gasteiger partial charge < -0.3 is 25.2 Å². The number of carbonyl (C=O) groups excluding carboxylic acids is 1. The average molecular weight is 376 g/mol. The lowest BCUT2D eigenvalue weighted by molar-refractivity contribution is -0.131. The number of aliphatic hydroxyl groups excluding tert-OH is 1. The summed E-state index contributed by atoms with van der Waals surface area (Å²) in [5.74, 6) is 2.00. The molecule has 2 aliphatic rings. The Kier molecular flexibility index (Phi) is 5.68. The maximum Gasteiger partial charge on any atom is 0.239 e. The molecule has 1 saturated carbocycles. The predicted octanol–water partition coefficient (Wildman–Crippen LogP) is 2.14. The van der Waals surface area contributed by atoms with Crippen LogP contribution in [0.15, 0.2) is 18.2 Å². The zero-order valence-electron chi connectivity index (χ0n) is 16.8. The molecule has 3 rings (SSSR count). The lowest BCUT2D eigenvalue weighted by Gasteiger charge is -2.34. The number of benzene rings is 1. The highest BCUT2D eigenvalue weighted by atomic mass is 16.5. The summed E-state index contributed by atoms with van der Waals surface area (Å²) >= 11 is 0. The van der Waals surface area contributed by atoms with Crippen molar-refractivity contribution in [2.75, 3.05) is 26.8 Å². The summed E-state index contributed by atoms with van der Waals surface area (Å²) in [6.07, 6.45) is 1.88. The van der Waals surface area contributed by atoms with Crippen molar-refractivity contribution in [3.05, 3.63) is 23.8 Å². The summed E-state index contributed by atoms with van der Waals surface area (Å²) in [4.78, 5) is 14.2. The van der Waals surface area contributed by atoms with Gasteiger partial charge in [-0.1, -0.05) is 13.0 Å². The van der Waals surface area contributed by atoms with E-state index in [1.54, 1.807) is 25.9 Å². The Morgan fingerprint density at radius 2 is 2.07 bits per heavy atom. The highest BCUT2D eigenvalue weighted by Gasteiger charge is 2.48. The number of methoxy groups -OCH3 is 1. The van der Waals surface area contributed by atoms with Crippen LogP contribution < -0.4 is 15.2 Å². The van der Waals surface area contributed by atoms with E-state index >= 15 is 0 Å². The average Bonchev–Trinajstić information content (AvgIpc) is 3.40. The van der Waals surface area contributed by atoms with E-state index < -0.39 is 17.6 Å². The molecule has 3 N–H and O–H groups in total. The van der Waals surface area contributed by atoms with Gasteiger partial charge in [0.1, 0.15) is 0 Å². The van der Waals surface area contributed by atoms with Crippen molar-refractivity contribution in [3.63, 3.8) is 0 Å². The van der Waals surface area contributed by atoms with Gasteiger partial charge in [0.05, 0.1) is 25.9 Å². The van der Waals surface area contributed by atoms with Crippen molar-refractivity contribution in [2.45, 2.75) is 51.7 Å². The summed E-state index contributed by atoms with van der Waals surface area (Å²) in [6, 6.07) is 5.38. The molecular formula is C21H32N2O4. The first-order chi connectivity index (χ1) is 12.8.